The first-order valence-corrected chi connectivity index (χ1v) is 2.67. The van der Waals surface area contributed by atoms with E-state index in [0.717, 1.165) is 17.8 Å². The Morgan fingerprint density at radius 3 is 2.71 bits per heavy atom. The SMILES string of the molecule is CC1=NSC(=O)[NH2+]1. The molecule has 0 aliphatic carbocycles. The lowest BCUT2D eigenvalue weighted by atomic mass is 10.7. The zero-order valence-electron chi connectivity index (χ0n) is 3.84. The van der Waals surface area contributed by atoms with E-state index in [2.05, 4.69) is 4.40 Å². The third kappa shape index (κ3) is 1.01. The van der Waals surface area contributed by atoms with Crippen molar-refractivity contribution in [3.05, 3.63) is 0 Å². The minimum atomic E-state index is 0.0394. The molecule has 0 aromatic carbocycles. The molecule has 38 valence electrons. The van der Waals surface area contributed by atoms with Gasteiger partial charge in [0.1, 0.15) is 11.9 Å². The van der Waals surface area contributed by atoms with Crippen LogP contribution in [-0.4, -0.2) is 11.1 Å². The fourth-order valence-corrected chi connectivity index (χ4v) is 0.850. The molecule has 0 saturated carbocycles. The maximum atomic E-state index is 10.2. The second kappa shape index (κ2) is 1.63. The van der Waals surface area contributed by atoms with Crippen molar-refractivity contribution in [2.45, 2.75) is 6.92 Å². The summed E-state index contributed by atoms with van der Waals surface area (Å²) < 4.78 is 3.75. The van der Waals surface area contributed by atoms with Crippen molar-refractivity contribution >= 4 is 23.0 Å². The van der Waals surface area contributed by atoms with E-state index in [1.807, 2.05) is 0 Å². The fourth-order valence-electron chi connectivity index (χ4n) is 0.340. The molecule has 1 amide bonds. The van der Waals surface area contributed by atoms with E-state index in [9.17, 15) is 4.79 Å². The van der Waals surface area contributed by atoms with Crippen LogP contribution >= 0.6 is 11.9 Å². The normalized spacial score (nSPS) is 20.1. The van der Waals surface area contributed by atoms with Gasteiger partial charge in [-0.05, 0) is 0 Å². The highest BCUT2D eigenvalue weighted by atomic mass is 32.2. The van der Waals surface area contributed by atoms with E-state index in [0.29, 0.717) is 0 Å². The van der Waals surface area contributed by atoms with Gasteiger partial charge in [-0.25, -0.2) is 10.1 Å². The number of nitrogens with two attached hydrogens (primary N) is 1. The summed E-state index contributed by atoms with van der Waals surface area (Å²) in [4.78, 5) is 10.2. The van der Waals surface area contributed by atoms with Gasteiger partial charge in [-0.1, -0.05) is 0 Å². The van der Waals surface area contributed by atoms with Crippen LogP contribution in [0.15, 0.2) is 4.40 Å². The van der Waals surface area contributed by atoms with Crippen LogP contribution in [0, 0.1) is 0 Å². The van der Waals surface area contributed by atoms with Gasteiger partial charge in [0, 0.05) is 6.92 Å². The van der Waals surface area contributed by atoms with Crippen LogP contribution in [0.1, 0.15) is 6.92 Å². The van der Waals surface area contributed by atoms with E-state index in [1.165, 1.54) is 5.32 Å². The predicted octanol–water partition coefficient (Wildman–Crippen LogP) is -0.250. The summed E-state index contributed by atoms with van der Waals surface area (Å²) in [6.07, 6.45) is 0. The van der Waals surface area contributed by atoms with Gasteiger partial charge >= 0.3 is 5.24 Å². The molecule has 0 spiro atoms. The molecule has 0 radical (unpaired) electrons. The summed E-state index contributed by atoms with van der Waals surface area (Å²) in [5, 5.41) is 1.56. The maximum absolute atomic E-state index is 10.2. The molecule has 0 bridgehead atoms. The number of amides is 1. The summed E-state index contributed by atoms with van der Waals surface area (Å²) in [6, 6.07) is 0. The summed E-state index contributed by atoms with van der Waals surface area (Å²) in [5.74, 6) is 0.815. The van der Waals surface area contributed by atoms with Crippen LogP contribution in [0.25, 0.3) is 0 Å². The molecule has 0 atom stereocenters. The lowest BCUT2D eigenvalue weighted by Crippen LogP contribution is -2.87. The summed E-state index contributed by atoms with van der Waals surface area (Å²) in [6.45, 7) is 1.80. The minimum absolute atomic E-state index is 0.0394. The standard InChI is InChI=1S/C3H4N2OS/c1-2-4-3(6)7-5-2/h1H3,(H,4,5,6)/p+1. The van der Waals surface area contributed by atoms with E-state index in [-0.39, 0.29) is 5.24 Å². The molecule has 2 N–H and O–H groups in total. The molecule has 0 fully saturated rings. The number of rotatable bonds is 0. The number of hydrogen-bond acceptors (Lipinski definition) is 3. The molecule has 1 rings (SSSR count). The van der Waals surface area contributed by atoms with Crippen LogP contribution in [0.2, 0.25) is 0 Å². The first-order valence-electron chi connectivity index (χ1n) is 1.89. The number of carbonyl (C=O) groups is 1. The third-order valence-corrected chi connectivity index (χ3v) is 1.28. The van der Waals surface area contributed by atoms with Gasteiger partial charge in [0.2, 0.25) is 5.84 Å². The topological polar surface area (TPSA) is 46.0 Å². The van der Waals surface area contributed by atoms with Crippen LogP contribution in [-0.2, 0) is 0 Å². The highest BCUT2D eigenvalue weighted by Gasteiger charge is 2.15. The zero-order chi connectivity index (χ0) is 5.28. The van der Waals surface area contributed by atoms with E-state index in [4.69, 9.17) is 0 Å². The Balaban J connectivity index is 2.58. The van der Waals surface area contributed by atoms with E-state index < -0.39 is 0 Å². The van der Waals surface area contributed by atoms with Crippen molar-refractivity contribution in [2.75, 3.05) is 0 Å². The van der Waals surface area contributed by atoms with Gasteiger partial charge in [0.15, 0.2) is 0 Å². The van der Waals surface area contributed by atoms with Crippen molar-refractivity contribution in [3.8, 4) is 0 Å². The van der Waals surface area contributed by atoms with Crippen molar-refractivity contribution in [1.29, 1.82) is 0 Å². The summed E-state index contributed by atoms with van der Waals surface area (Å²) in [5.41, 5.74) is 0. The fraction of sp³-hybridized carbons (Fsp3) is 0.333. The quantitative estimate of drug-likeness (QED) is 0.445. The van der Waals surface area contributed by atoms with Crippen molar-refractivity contribution in [2.24, 2.45) is 4.40 Å². The molecule has 0 unspecified atom stereocenters. The second-order valence-electron chi connectivity index (χ2n) is 1.29. The van der Waals surface area contributed by atoms with Gasteiger partial charge in [-0.2, -0.15) is 4.40 Å². The molecule has 0 aromatic rings. The molecular weight excluding hydrogens is 112 g/mol. The Labute approximate surface area is 45.3 Å². The van der Waals surface area contributed by atoms with Gasteiger partial charge in [0.05, 0.1) is 0 Å². The molecule has 1 aliphatic rings. The lowest BCUT2D eigenvalue weighted by molar-refractivity contribution is -0.415. The number of carbonyl (C=O) groups excluding carboxylic acids is 1. The Bertz CT molecular complexity index is 131. The van der Waals surface area contributed by atoms with Crippen LogP contribution < -0.4 is 5.32 Å². The van der Waals surface area contributed by atoms with E-state index in [1.54, 1.807) is 6.92 Å². The van der Waals surface area contributed by atoms with Crippen LogP contribution in [0.4, 0.5) is 4.79 Å². The van der Waals surface area contributed by atoms with Gasteiger partial charge < -0.3 is 0 Å². The number of amidine groups is 1. The maximum Gasteiger partial charge on any atom is 0.400 e. The van der Waals surface area contributed by atoms with Crippen molar-refractivity contribution in [1.82, 2.24) is 0 Å². The Morgan fingerprint density at radius 2 is 2.57 bits per heavy atom. The number of quaternary nitrogens is 1. The smallest absolute Gasteiger partial charge is 0.226 e. The lowest BCUT2D eigenvalue weighted by Gasteiger charge is -1.74. The predicted molar refractivity (Wildman–Crippen MR) is 28.0 cm³/mol. The first kappa shape index (κ1) is 4.80. The number of primary amides is 1. The molecule has 1 heterocycles. The molecule has 7 heavy (non-hydrogen) atoms. The second-order valence-corrected chi connectivity index (χ2v) is 2.05. The number of nitrogens with zero attached hydrogens (tertiary/aromatic N) is 1. The Morgan fingerprint density at radius 1 is 1.86 bits per heavy atom. The Kier molecular flexibility index (Phi) is 1.12. The minimum Gasteiger partial charge on any atom is -0.226 e. The van der Waals surface area contributed by atoms with Gasteiger partial charge in [-0.15, -0.1) is 0 Å². The average molecular weight is 117 g/mol. The highest BCUT2D eigenvalue weighted by molar-refractivity contribution is 8.12. The average Bonchev–Trinajstić information content (AvgIpc) is 1.87. The largest absolute Gasteiger partial charge is 0.400 e. The first-order chi connectivity index (χ1) is 3.29. The molecule has 4 heteroatoms. The zero-order valence-corrected chi connectivity index (χ0v) is 4.66. The summed E-state index contributed by atoms with van der Waals surface area (Å²) >= 11 is 0.999. The molecular formula is C3H5N2OS+. The number of hydrogen-bond donors (Lipinski definition) is 1. The molecule has 3 nitrogen and oxygen atoms in total. The van der Waals surface area contributed by atoms with Crippen LogP contribution in [0.5, 0.6) is 0 Å². The van der Waals surface area contributed by atoms with Crippen molar-refractivity contribution in [3.63, 3.8) is 0 Å². The van der Waals surface area contributed by atoms with Gasteiger partial charge in [-0.3, -0.25) is 0 Å². The Hall–Kier alpha value is -0.350. The van der Waals surface area contributed by atoms with Crippen LogP contribution in [0.3, 0.4) is 0 Å². The monoisotopic (exact) mass is 117 g/mol. The molecule has 0 saturated heterocycles. The van der Waals surface area contributed by atoms with E-state index >= 15 is 0 Å². The third-order valence-electron chi connectivity index (χ3n) is 0.606. The van der Waals surface area contributed by atoms with Gasteiger partial charge in [0.25, 0.3) is 0 Å². The molecule has 0 aromatic heterocycles. The highest BCUT2D eigenvalue weighted by Crippen LogP contribution is 2.02. The van der Waals surface area contributed by atoms with Crippen molar-refractivity contribution < 1.29 is 10.1 Å². The summed E-state index contributed by atoms with van der Waals surface area (Å²) in [7, 11) is 0. The molecule has 1 aliphatic heterocycles.